The van der Waals surface area contributed by atoms with E-state index in [0.717, 1.165) is 12.5 Å². The van der Waals surface area contributed by atoms with Crippen molar-refractivity contribution in [1.29, 1.82) is 0 Å². The lowest BCUT2D eigenvalue weighted by atomic mass is 10.2. The van der Waals surface area contributed by atoms with Crippen molar-refractivity contribution in [1.82, 2.24) is 4.98 Å². The predicted octanol–water partition coefficient (Wildman–Crippen LogP) is 3.17. The van der Waals surface area contributed by atoms with Gasteiger partial charge in [-0.2, -0.15) is 11.8 Å². The first-order chi connectivity index (χ1) is 8.67. The number of hydrogen-bond acceptors (Lipinski definition) is 4. The van der Waals surface area contributed by atoms with E-state index in [0.29, 0.717) is 10.5 Å². The summed E-state index contributed by atoms with van der Waals surface area (Å²) in [5.41, 5.74) is 1.34. The van der Waals surface area contributed by atoms with Crippen LogP contribution >= 0.6 is 11.8 Å². The van der Waals surface area contributed by atoms with Crippen LogP contribution in [0.2, 0.25) is 6.04 Å². The van der Waals surface area contributed by atoms with Crippen molar-refractivity contribution in [2.24, 2.45) is 0 Å². The zero-order chi connectivity index (χ0) is 13.4. The van der Waals surface area contributed by atoms with Crippen LogP contribution in [0.25, 0.3) is 0 Å². The molecule has 0 fully saturated rings. The van der Waals surface area contributed by atoms with Crippen molar-refractivity contribution < 1.29 is 8.85 Å². The summed E-state index contributed by atoms with van der Waals surface area (Å²) in [5, 5.41) is 1.13. The zero-order valence-corrected chi connectivity index (χ0v) is 13.6. The van der Waals surface area contributed by atoms with E-state index in [4.69, 9.17) is 8.85 Å². The van der Waals surface area contributed by atoms with Crippen LogP contribution in [0, 0.1) is 0 Å². The first kappa shape index (κ1) is 15.7. The van der Waals surface area contributed by atoms with E-state index in [-0.39, 0.29) is 0 Å². The molecule has 0 aliphatic rings. The van der Waals surface area contributed by atoms with Gasteiger partial charge >= 0.3 is 9.28 Å². The average molecular weight is 285 g/mol. The zero-order valence-electron chi connectivity index (χ0n) is 11.6. The molecule has 2 unspecified atom stereocenters. The molecule has 1 heterocycles. The SMILES string of the molecule is CO[SiH](CCC(C)SC(C)c1ccncc1)OC. The molecule has 3 nitrogen and oxygen atoms in total. The third-order valence-corrected chi connectivity index (χ3v) is 6.18. The fraction of sp³-hybridized carbons (Fsp3) is 0.615. The van der Waals surface area contributed by atoms with Crippen LogP contribution in [0.4, 0.5) is 0 Å². The molecule has 0 saturated heterocycles. The largest absolute Gasteiger partial charge is 0.400 e. The Hall–Kier alpha value is -0.363. The Bertz CT molecular complexity index is 322. The van der Waals surface area contributed by atoms with Gasteiger partial charge in [0.1, 0.15) is 0 Å². The van der Waals surface area contributed by atoms with Gasteiger partial charge in [-0.15, -0.1) is 0 Å². The van der Waals surface area contributed by atoms with Crippen LogP contribution in [0.15, 0.2) is 24.5 Å². The van der Waals surface area contributed by atoms with Crippen molar-refractivity contribution in [2.75, 3.05) is 14.2 Å². The Kier molecular flexibility index (Phi) is 7.58. The second-order valence-electron chi connectivity index (χ2n) is 4.35. The van der Waals surface area contributed by atoms with E-state index in [1.54, 1.807) is 14.2 Å². The molecule has 0 saturated carbocycles. The van der Waals surface area contributed by atoms with Crippen LogP contribution in [-0.4, -0.2) is 33.7 Å². The van der Waals surface area contributed by atoms with Crippen LogP contribution in [0.3, 0.4) is 0 Å². The molecule has 2 atom stereocenters. The van der Waals surface area contributed by atoms with Crippen LogP contribution in [0.5, 0.6) is 0 Å². The predicted molar refractivity (Wildman–Crippen MR) is 80.3 cm³/mol. The molecule has 0 amide bonds. The number of nitrogens with zero attached hydrogens (tertiary/aromatic N) is 1. The van der Waals surface area contributed by atoms with Gasteiger partial charge in [0.15, 0.2) is 0 Å². The Morgan fingerprint density at radius 2 is 1.83 bits per heavy atom. The lowest BCUT2D eigenvalue weighted by Gasteiger charge is -2.18. The van der Waals surface area contributed by atoms with Crippen LogP contribution in [0.1, 0.15) is 31.1 Å². The molecule has 0 aromatic carbocycles. The van der Waals surface area contributed by atoms with Gasteiger partial charge in [0.25, 0.3) is 0 Å². The normalized spacial score (nSPS) is 14.7. The highest BCUT2D eigenvalue weighted by Crippen LogP contribution is 2.33. The van der Waals surface area contributed by atoms with E-state index < -0.39 is 9.28 Å². The highest BCUT2D eigenvalue weighted by Gasteiger charge is 2.15. The summed E-state index contributed by atoms with van der Waals surface area (Å²) in [6.45, 7) is 4.52. The van der Waals surface area contributed by atoms with Crippen LogP contribution < -0.4 is 0 Å². The van der Waals surface area contributed by atoms with E-state index in [2.05, 4.69) is 31.0 Å². The smallest absolute Gasteiger partial charge is 0.320 e. The van der Waals surface area contributed by atoms with E-state index in [1.165, 1.54) is 5.56 Å². The molecule has 0 radical (unpaired) electrons. The summed E-state index contributed by atoms with van der Waals surface area (Å²) in [4.78, 5) is 4.05. The molecule has 5 heteroatoms. The Labute approximate surface area is 116 Å². The lowest BCUT2D eigenvalue weighted by Crippen LogP contribution is -2.20. The molecule has 1 aromatic heterocycles. The van der Waals surface area contributed by atoms with Gasteiger partial charge in [-0.25, -0.2) is 0 Å². The Balaban J connectivity index is 2.33. The number of rotatable bonds is 8. The summed E-state index contributed by atoms with van der Waals surface area (Å²) in [5.74, 6) is 0. The van der Waals surface area contributed by atoms with Gasteiger partial charge in [-0.05, 0) is 37.1 Å². The Morgan fingerprint density at radius 3 is 2.39 bits per heavy atom. The molecule has 0 spiro atoms. The monoisotopic (exact) mass is 285 g/mol. The maximum atomic E-state index is 5.34. The number of thioether (sulfide) groups is 1. The summed E-state index contributed by atoms with van der Waals surface area (Å²) in [7, 11) is 2.10. The van der Waals surface area contributed by atoms with Gasteiger partial charge in [-0.3, -0.25) is 4.98 Å². The molecule has 0 bridgehead atoms. The minimum Gasteiger partial charge on any atom is -0.400 e. The topological polar surface area (TPSA) is 31.4 Å². The molecular weight excluding hydrogens is 262 g/mol. The van der Waals surface area contributed by atoms with Crippen LogP contribution in [-0.2, 0) is 8.85 Å². The third kappa shape index (κ3) is 5.52. The summed E-state index contributed by atoms with van der Waals surface area (Å²) >= 11 is 2.00. The molecular formula is C13H23NO2SSi. The number of pyridine rings is 1. The fourth-order valence-electron chi connectivity index (χ4n) is 1.83. The van der Waals surface area contributed by atoms with Crippen molar-refractivity contribution in [3.8, 4) is 0 Å². The van der Waals surface area contributed by atoms with Crippen molar-refractivity contribution in [2.45, 2.75) is 36.8 Å². The third-order valence-electron chi connectivity index (χ3n) is 2.95. The molecule has 1 aromatic rings. The highest BCUT2D eigenvalue weighted by atomic mass is 32.2. The second-order valence-corrected chi connectivity index (χ2v) is 8.51. The summed E-state index contributed by atoms with van der Waals surface area (Å²) in [6.07, 6.45) is 4.87. The minimum absolute atomic E-state index is 0.508. The van der Waals surface area contributed by atoms with Gasteiger partial charge in [0.05, 0.1) is 0 Å². The van der Waals surface area contributed by atoms with E-state index >= 15 is 0 Å². The Morgan fingerprint density at radius 1 is 1.22 bits per heavy atom. The van der Waals surface area contributed by atoms with Gasteiger partial charge < -0.3 is 8.85 Å². The molecule has 0 aliphatic carbocycles. The average Bonchev–Trinajstić information content (AvgIpc) is 2.41. The van der Waals surface area contributed by atoms with Crippen molar-refractivity contribution in [3.63, 3.8) is 0 Å². The summed E-state index contributed by atoms with van der Waals surface area (Å²) in [6, 6.07) is 5.25. The molecule has 0 N–H and O–H groups in total. The van der Waals surface area contributed by atoms with Gasteiger partial charge in [0, 0.05) is 37.1 Å². The second kappa shape index (κ2) is 8.69. The number of hydrogen-bond donors (Lipinski definition) is 0. The lowest BCUT2D eigenvalue weighted by molar-refractivity contribution is 0.276. The fourth-order valence-corrected chi connectivity index (χ4v) is 4.79. The minimum atomic E-state index is -1.39. The quantitative estimate of drug-likeness (QED) is 0.687. The first-order valence-corrected chi connectivity index (χ1v) is 8.98. The molecule has 1 rings (SSSR count). The van der Waals surface area contributed by atoms with Crippen molar-refractivity contribution >= 4 is 21.0 Å². The molecule has 0 aliphatic heterocycles. The van der Waals surface area contributed by atoms with Crippen molar-refractivity contribution in [3.05, 3.63) is 30.1 Å². The van der Waals surface area contributed by atoms with E-state index in [1.807, 2.05) is 24.2 Å². The molecule has 102 valence electrons. The van der Waals surface area contributed by atoms with Gasteiger partial charge in [0.2, 0.25) is 0 Å². The van der Waals surface area contributed by atoms with E-state index in [9.17, 15) is 0 Å². The highest BCUT2D eigenvalue weighted by molar-refractivity contribution is 8.00. The van der Waals surface area contributed by atoms with Gasteiger partial charge in [-0.1, -0.05) is 6.92 Å². The molecule has 18 heavy (non-hydrogen) atoms. The number of aromatic nitrogens is 1. The summed E-state index contributed by atoms with van der Waals surface area (Å²) < 4.78 is 10.7. The maximum Gasteiger partial charge on any atom is 0.320 e. The first-order valence-electron chi connectivity index (χ1n) is 6.28. The standard InChI is InChI=1S/C13H23NO2SSi/c1-11(7-10-18(15-3)16-4)17-12(2)13-5-8-14-9-6-13/h5-6,8-9,11-12,18H,7,10H2,1-4H3. The maximum absolute atomic E-state index is 5.34.